The van der Waals surface area contributed by atoms with Crippen LogP contribution >= 0.6 is 0 Å². The van der Waals surface area contributed by atoms with E-state index in [0.29, 0.717) is 24.8 Å². The van der Waals surface area contributed by atoms with Gasteiger partial charge in [-0.1, -0.05) is 0 Å². The predicted molar refractivity (Wildman–Crippen MR) is 81.6 cm³/mol. The second kappa shape index (κ2) is 6.62. The summed E-state index contributed by atoms with van der Waals surface area (Å²) < 4.78 is 5.23. The van der Waals surface area contributed by atoms with Crippen LogP contribution < -0.4 is 10.6 Å². The number of nitrogens with two attached hydrogens (primary N) is 1. The molecule has 1 aliphatic carbocycles. The van der Waals surface area contributed by atoms with Gasteiger partial charge in [0.2, 0.25) is 0 Å². The molecule has 0 aromatic heterocycles. The minimum absolute atomic E-state index is 0.357. The van der Waals surface area contributed by atoms with Crippen LogP contribution in [0.2, 0.25) is 0 Å². The number of rotatable bonds is 7. The first-order valence-electron chi connectivity index (χ1n) is 7.18. The molecule has 1 aliphatic rings. The summed E-state index contributed by atoms with van der Waals surface area (Å²) in [7, 11) is 1.73. The Labute approximate surface area is 121 Å². The summed E-state index contributed by atoms with van der Waals surface area (Å²) in [6, 6.07) is 8.68. The number of nitrogens with zero attached hydrogens (tertiary/aromatic N) is 2. The summed E-state index contributed by atoms with van der Waals surface area (Å²) in [5.74, 6) is 0.781. The van der Waals surface area contributed by atoms with Gasteiger partial charge in [-0.15, -0.1) is 0 Å². The van der Waals surface area contributed by atoms with Gasteiger partial charge in [-0.2, -0.15) is 5.26 Å². The molecular weight excluding hydrogens is 250 g/mol. The summed E-state index contributed by atoms with van der Waals surface area (Å²) in [5, 5.41) is 8.88. The van der Waals surface area contributed by atoms with Crippen molar-refractivity contribution in [1.29, 1.82) is 5.26 Å². The van der Waals surface area contributed by atoms with Gasteiger partial charge in [0.15, 0.2) is 0 Å². The molecule has 1 aromatic carbocycles. The Morgan fingerprint density at radius 1 is 1.50 bits per heavy atom. The highest BCUT2D eigenvalue weighted by atomic mass is 16.5. The number of hydrogen-bond donors (Lipinski definition) is 1. The van der Waals surface area contributed by atoms with Crippen LogP contribution in [0.4, 0.5) is 11.4 Å². The van der Waals surface area contributed by atoms with E-state index < -0.39 is 0 Å². The number of nitrogen functional groups attached to an aromatic ring is 1. The molecule has 2 rings (SSSR count). The van der Waals surface area contributed by atoms with Crippen LogP contribution in [0.5, 0.6) is 0 Å². The molecule has 0 aliphatic heterocycles. The van der Waals surface area contributed by atoms with Gasteiger partial charge < -0.3 is 15.4 Å². The smallest absolute Gasteiger partial charge is 0.0670 e. The average Bonchev–Trinajstić information content (AvgIpc) is 3.27. The van der Waals surface area contributed by atoms with Crippen molar-refractivity contribution in [3.05, 3.63) is 23.8 Å². The number of hydrogen-bond acceptors (Lipinski definition) is 4. The zero-order valence-electron chi connectivity index (χ0n) is 12.3. The zero-order chi connectivity index (χ0) is 14.5. The van der Waals surface area contributed by atoms with Gasteiger partial charge in [0, 0.05) is 31.1 Å². The summed E-state index contributed by atoms with van der Waals surface area (Å²) in [5.41, 5.74) is 8.68. The van der Waals surface area contributed by atoms with Crippen molar-refractivity contribution in [2.24, 2.45) is 5.92 Å². The third-order valence-corrected chi connectivity index (χ3v) is 4.06. The maximum atomic E-state index is 8.88. The number of ether oxygens (including phenoxy) is 1. The molecule has 1 atom stereocenters. The molecule has 1 unspecified atom stereocenters. The molecule has 0 radical (unpaired) electrons. The van der Waals surface area contributed by atoms with Crippen LogP contribution in [0, 0.1) is 17.2 Å². The first-order valence-corrected chi connectivity index (χ1v) is 7.18. The van der Waals surface area contributed by atoms with Crippen molar-refractivity contribution < 1.29 is 4.74 Å². The standard InChI is InChI=1S/C16H23N3O/c1-12(13-3-4-13)19(9-10-20-2)15-5-6-16(18)14(11-15)7-8-17/h5-6,11-13H,3-4,7,9-10,18H2,1-2H3. The SMILES string of the molecule is COCCN(c1ccc(N)c(CC#N)c1)C(C)C1CC1. The fraction of sp³-hybridized carbons (Fsp3) is 0.562. The molecule has 2 N–H and O–H groups in total. The fourth-order valence-corrected chi connectivity index (χ4v) is 2.60. The van der Waals surface area contributed by atoms with E-state index in [-0.39, 0.29) is 0 Å². The predicted octanol–water partition coefficient (Wildman–Crippen LogP) is 2.59. The second-order valence-electron chi connectivity index (χ2n) is 5.48. The number of benzene rings is 1. The Balaban J connectivity index is 2.22. The van der Waals surface area contributed by atoms with Crippen LogP contribution in [0.1, 0.15) is 25.3 Å². The normalized spacial score (nSPS) is 15.7. The monoisotopic (exact) mass is 273 g/mol. The maximum absolute atomic E-state index is 8.88. The fourth-order valence-electron chi connectivity index (χ4n) is 2.60. The van der Waals surface area contributed by atoms with Gasteiger partial charge in [-0.25, -0.2) is 0 Å². The first-order chi connectivity index (χ1) is 9.67. The average molecular weight is 273 g/mol. The van der Waals surface area contributed by atoms with E-state index >= 15 is 0 Å². The van der Waals surface area contributed by atoms with Gasteiger partial charge in [0.1, 0.15) is 0 Å². The highest BCUT2D eigenvalue weighted by Crippen LogP contribution is 2.37. The largest absolute Gasteiger partial charge is 0.398 e. The van der Waals surface area contributed by atoms with Gasteiger partial charge in [0.05, 0.1) is 19.1 Å². The summed E-state index contributed by atoms with van der Waals surface area (Å²) >= 11 is 0. The minimum atomic E-state index is 0.357. The Hall–Kier alpha value is -1.73. The van der Waals surface area contributed by atoms with Crippen molar-refractivity contribution in [2.45, 2.75) is 32.2 Å². The van der Waals surface area contributed by atoms with Crippen molar-refractivity contribution in [3.8, 4) is 6.07 Å². The van der Waals surface area contributed by atoms with Gasteiger partial charge >= 0.3 is 0 Å². The van der Waals surface area contributed by atoms with Crippen molar-refractivity contribution >= 4 is 11.4 Å². The maximum Gasteiger partial charge on any atom is 0.0670 e. The van der Waals surface area contributed by atoms with E-state index in [1.807, 2.05) is 18.2 Å². The molecule has 0 heterocycles. The van der Waals surface area contributed by atoms with Crippen LogP contribution in [0.25, 0.3) is 0 Å². The van der Waals surface area contributed by atoms with E-state index in [4.69, 9.17) is 15.7 Å². The lowest BCUT2D eigenvalue weighted by Gasteiger charge is -2.32. The topological polar surface area (TPSA) is 62.3 Å². The molecule has 0 bridgehead atoms. The second-order valence-corrected chi connectivity index (χ2v) is 5.48. The molecule has 1 saturated carbocycles. The van der Waals surface area contributed by atoms with E-state index in [1.165, 1.54) is 12.8 Å². The first kappa shape index (κ1) is 14.7. The quantitative estimate of drug-likeness (QED) is 0.776. The zero-order valence-corrected chi connectivity index (χ0v) is 12.3. The van der Waals surface area contributed by atoms with Crippen molar-refractivity contribution in [3.63, 3.8) is 0 Å². The van der Waals surface area contributed by atoms with Crippen LogP contribution in [-0.4, -0.2) is 26.3 Å². The Morgan fingerprint density at radius 2 is 2.25 bits per heavy atom. The third kappa shape index (κ3) is 3.43. The highest BCUT2D eigenvalue weighted by Gasteiger charge is 2.32. The summed E-state index contributed by atoms with van der Waals surface area (Å²) in [6.07, 6.45) is 2.98. The van der Waals surface area contributed by atoms with Crippen molar-refractivity contribution in [1.82, 2.24) is 0 Å². The van der Waals surface area contributed by atoms with Crippen LogP contribution in [0.15, 0.2) is 18.2 Å². The van der Waals surface area contributed by atoms with E-state index in [2.05, 4.69) is 17.9 Å². The summed E-state index contributed by atoms with van der Waals surface area (Å²) in [6.45, 7) is 3.84. The lowest BCUT2D eigenvalue weighted by Crippen LogP contribution is -2.37. The minimum Gasteiger partial charge on any atom is -0.398 e. The number of anilines is 2. The summed E-state index contributed by atoms with van der Waals surface area (Å²) in [4.78, 5) is 2.38. The molecule has 4 heteroatoms. The number of methoxy groups -OCH3 is 1. The lowest BCUT2D eigenvalue weighted by atomic mass is 10.1. The van der Waals surface area contributed by atoms with E-state index in [1.54, 1.807) is 7.11 Å². The molecule has 20 heavy (non-hydrogen) atoms. The van der Waals surface area contributed by atoms with Gasteiger partial charge in [0.25, 0.3) is 0 Å². The molecule has 0 amide bonds. The van der Waals surface area contributed by atoms with E-state index in [0.717, 1.165) is 23.7 Å². The lowest BCUT2D eigenvalue weighted by molar-refractivity contribution is 0.202. The molecule has 0 saturated heterocycles. The Kier molecular flexibility index (Phi) is 4.86. The van der Waals surface area contributed by atoms with Crippen LogP contribution in [-0.2, 0) is 11.2 Å². The van der Waals surface area contributed by atoms with Crippen molar-refractivity contribution in [2.75, 3.05) is 30.9 Å². The third-order valence-electron chi connectivity index (χ3n) is 4.06. The molecular formula is C16H23N3O. The number of nitriles is 1. The molecule has 0 spiro atoms. The van der Waals surface area contributed by atoms with Crippen LogP contribution in [0.3, 0.4) is 0 Å². The van der Waals surface area contributed by atoms with Gasteiger partial charge in [-0.3, -0.25) is 0 Å². The molecule has 1 fully saturated rings. The molecule has 108 valence electrons. The Morgan fingerprint density at radius 3 is 2.85 bits per heavy atom. The van der Waals surface area contributed by atoms with E-state index in [9.17, 15) is 0 Å². The molecule has 1 aromatic rings. The highest BCUT2D eigenvalue weighted by molar-refractivity contribution is 5.59. The molecule has 4 nitrogen and oxygen atoms in total. The van der Waals surface area contributed by atoms with Gasteiger partial charge in [-0.05, 0) is 49.4 Å². The Bertz CT molecular complexity index is 491.